The van der Waals surface area contributed by atoms with Crippen molar-refractivity contribution in [2.75, 3.05) is 32.8 Å². The number of unbranched alkanes of at least 4 members (excludes halogenated alkanes) is 1. The van der Waals surface area contributed by atoms with Crippen LogP contribution in [0, 0.1) is 5.82 Å². The van der Waals surface area contributed by atoms with E-state index in [1.54, 1.807) is 16.8 Å². The Hall–Kier alpha value is -2.41. The fourth-order valence-corrected chi connectivity index (χ4v) is 2.53. The van der Waals surface area contributed by atoms with Crippen molar-refractivity contribution in [1.29, 1.82) is 0 Å². The lowest BCUT2D eigenvalue weighted by atomic mass is 10.3. The Labute approximate surface area is 160 Å². The van der Waals surface area contributed by atoms with Gasteiger partial charge < -0.3 is 15.4 Å². The highest BCUT2D eigenvalue weighted by Crippen LogP contribution is 2.09. The van der Waals surface area contributed by atoms with E-state index in [9.17, 15) is 4.39 Å². The third-order valence-corrected chi connectivity index (χ3v) is 3.92. The van der Waals surface area contributed by atoms with Crippen LogP contribution >= 0.6 is 0 Å². The fraction of sp³-hybridized carbons (Fsp3) is 0.500. The number of ether oxygens (including phenoxy) is 1. The fourth-order valence-electron chi connectivity index (χ4n) is 2.53. The summed E-state index contributed by atoms with van der Waals surface area (Å²) in [6.45, 7) is 7.97. The summed E-state index contributed by atoms with van der Waals surface area (Å²) in [5.74, 6) is 0.579. The molecule has 1 aromatic carbocycles. The van der Waals surface area contributed by atoms with Crippen molar-refractivity contribution in [3.8, 4) is 5.69 Å². The predicted octanol–water partition coefficient (Wildman–Crippen LogP) is 2.93. The Morgan fingerprint density at radius 2 is 1.96 bits per heavy atom. The molecule has 0 aliphatic rings. The number of hydrogen-bond acceptors (Lipinski definition) is 3. The third-order valence-electron chi connectivity index (χ3n) is 3.92. The van der Waals surface area contributed by atoms with Crippen LogP contribution in [-0.2, 0) is 11.2 Å². The maximum Gasteiger partial charge on any atom is 0.191 e. The summed E-state index contributed by atoms with van der Waals surface area (Å²) in [7, 11) is 0. The lowest BCUT2D eigenvalue weighted by Gasteiger charge is -2.10. The quantitative estimate of drug-likeness (QED) is 0.360. The van der Waals surface area contributed by atoms with Crippen LogP contribution in [0.1, 0.15) is 32.4 Å². The van der Waals surface area contributed by atoms with Crippen molar-refractivity contribution in [1.82, 2.24) is 20.4 Å². The van der Waals surface area contributed by atoms with Gasteiger partial charge in [0.05, 0.1) is 11.4 Å². The summed E-state index contributed by atoms with van der Waals surface area (Å²) in [4.78, 5) is 4.58. The molecule has 0 saturated carbocycles. The van der Waals surface area contributed by atoms with Crippen molar-refractivity contribution < 1.29 is 9.13 Å². The standard InChI is InChI=1S/C20H30FN5O/c1-3-22-20(23-13-5-6-16-27-4-2)24-14-11-18-12-15-26(25-18)19-9-7-17(21)8-10-19/h7-10,12,15H,3-6,11,13-14,16H2,1-2H3,(H2,22,23,24). The first kappa shape index (κ1) is 20.9. The lowest BCUT2D eigenvalue weighted by molar-refractivity contribution is 0.144. The first-order valence-corrected chi connectivity index (χ1v) is 9.63. The second-order valence-electron chi connectivity index (χ2n) is 6.07. The van der Waals surface area contributed by atoms with Gasteiger partial charge in [-0.2, -0.15) is 5.10 Å². The highest BCUT2D eigenvalue weighted by atomic mass is 19.1. The molecule has 0 unspecified atom stereocenters. The molecule has 0 amide bonds. The van der Waals surface area contributed by atoms with Gasteiger partial charge in [0.2, 0.25) is 0 Å². The van der Waals surface area contributed by atoms with Gasteiger partial charge in [0.25, 0.3) is 0 Å². The van der Waals surface area contributed by atoms with E-state index in [1.165, 1.54) is 12.1 Å². The molecule has 0 bridgehead atoms. The molecule has 2 N–H and O–H groups in total. The molecule has 0 aliphatic carbocycles. The van der Waals surface area contributed by atoms with E-state index in [1.807, 2.05) is 19.2 Å². The van der Waals surface area contributed by atoms with Crippen LogP contribution in [0.3, 0.4) is 0 Å². The normalized spacial score (nSPS) is 11.6. The molecule has 6 nitrogen and oxygen atoms in total. The highest BCUT2D eigenvalue weighted by Gasteiger charge is 2.03. The van der Waals surface area contributed by atoms with E-state index in [2.05, 4.69) is 27.6 Å². The Morgan fingerprint density at radius 1 is 1.15 bits per heavy atom. The minimum atomic E-state index is -0.247. The first-order valence-electron chi connectivity index (χ1n) is 9.63. The summed E-state index contributed by atoms with van der Waals surface area (Å²) >= 11 is 0. The number of aliphatic imine (C=N–C) groups is 1. The molecule has 7 heteroatoms. The van der Waals surface area contributed by atoms with Gasteiger partial charge in [-0.25, -0.2) is 9.07 Å². The molecule has 0 spiro atoms. The lowest BCUT2D eigenvalue weighted by Crippen LogP contribution is -2.38. The first-order chi connectivity index (χ1) is 13.2. The van der Waals surface area contributed by atoms with Crippen molar-refractivity contribution in [3.05, 3.63) is 48.0 Å². The second kappa shape index (κ2) is 12.1. The second-order valence-corrected chi connectivity index (χ2v) is 6.07. The highest BCUT2D eigenvalue weighted by molar-refractivity contribution is 5.79. The van der Waals surface area contributed by atoms with Crippen LogP contribution < -0.4 is 10.6 Å². The van der Waals surface area contributed by atoms with Crippen molar-refractivity contribution in [2.24, 2.45) is 4.99 Å². The topological polar surface area (TPSA) is 63.5 Å². The molecule has 2 rings (SSSR count). The number of hydrogen-bond donors (Lipinski definition) is 2. The van der Waals surface area contributed by atoms with E-state index >= 15 is 0 Å². The summed E-state index contributed by atoms with van der Waals surface area (Å²) in [5.41, 5.74) is 1.82. The van der Waals surface area contributed by atoms with Crippen molar-refractivity contribution in [2.45, 2.75) is 33.1 Å². The maximum atomic E-state index is 13.0. The van der Waals surface area contributed by atoms with Crippen LogP contribution in [-0.4, -0.2) is 48.6 Å². The number of nitrogens with zero attached hydrogens (tertiary/aromatic N) is 3. The number of halogens is 1. The number of benzene rings is 1. The van der Waals surface area contributed by atoms with E-state index in [-0.39, 0.29) is 5.82 Å². The van der Waals surface area contributed by atoms with Crippen LogP contribution in [0.25, 0.3) is 5.69 Å². The van der Waals surface area contributed by atoms with Gasteiger partial charge in [-0.05, 0) is 57.0 Å². The van der Waals surface area contributed by atoms with Crippen LogP contribution in [0.2, 0.25) is 0 Å². The molecule has 1 aromatic heterocycles. The van der Waals surface area contributed by atoms with Gasteiger partial charge in [0.15, 0.2) is 5.96 Å². The SMILES string of the molecule is CCNC(=NCCCCOCC)NCCc1ccn(-c2ccc(F)cc2)n1. The molecular weight excluding hydrogens is 345 g/mol. The van der Waals surface area contributed by atoms with E-state index < -0.39 is 0 Å². The summed E-state index contributed by atoms with van der Waals surface area (Å²) in [5, 5.41) is 11.1. The monoisotopic (exact) mass is 375 g/mol. The van der Waals surface area contributed by atoms with Crippen molar-refractivity contribution >= 4 is 5.96 Å². The van der Waals surface area contributed by atoms with Gasteiger partial charge >= 0.3 is 0 Å². The summed E-state index contributed by atoms with van der Waals surface area (Å²) < 4.78 is 20.1. The predicted molar refractivity (Wildman–Crippen MR) is 107 cm³/mol. The largest absolute Gasteiger partial charge is 0.382 e. The van der Waals surface area contributed by atoms with Crippen molar-refractivity contribution in [3.63, 3.8) is 0 Å². The Balaban J connectivity index is 1.76. The smallest absolute Gasteiger partial charge is 0.191 e. The van der Waals surface area contributed by atoms with E-state index in [0.29, 0.717) is 0 Å². The summed E-state index contributed by atoms with van der Waals surface area (Å²) in [6, 6.07) is 8.28. The average molecular weight is 375 g/mol. The maximum absolute atomic E-state index is 13.0. The zero-order chi connectivity index (χ0) is 19.3. The molecule has 2 aromatic rings. The molecule has 1 heterocycles. The average Bonchev–Trinajstić information content (AvgIpc) is 3.14. The minimum absolute atomic E-state index is 0.247. The molecule has 27 heavy (non-hydrogen) atoms. The third kappa shape index (κ3) is 7.78. The molecule has 0 atom stereocenters. The van der Waals surface area contributed by atoms with Crippen LogP contribution in [0.15, 0.2) is 41.5 Å². The number of aromatic nitrogens is 2. The molecule has 0 aliphatic heterocycles. The zero-order valence-corrected chi connectivity index (χ0v) is 16.2. The Kier molecular flexibility index (Phi) is 9.34. The molecule has 0 fully saturated rings. The Bertz CT molecular complexity index is 684. The number of nitrogens with one attached hydrogen (secondary N) is 2. The van der Waals surface area contributed by atoms with E-state index in [4.69, 9.17) is 4.74 Å². The van der Waals surface area contributed by atoms with E-state index in [0.717, 1.165) is 69.5 Å². The molecule has 0 radical (unpaired) electrons. The molecule has 0 saturated heterocycles. The minimum Gasteiger partial charge on any atom is -0.382 e. The Morgan fingerprint density at radius 3 is 2.70 bits per heavy atom. The molecular formula is C20H30FN5O. The van der Waals surface area contributed by atoms with Gasteiger partial charge in [-0.3, -0.25) is 4.99 Å². The zero-order valence-electron chi connectivity index (χ0n) is 16.2. The van der Waals surface area contributed by atoms with Gasteiger partial charge in [-0.15, -0.1) is 0 Å². The molecule has 148 valence electrons. The summed E-state index contributed by atoms with van der Waals surface area (Å²) in [6.07, 6.45) is 4.71. The van der Waals surface area contributed by atoms with Crippen LogP contribution in [0.5, 0.6) is 0 Å². The number of rotatable bonds is 11. The number of guanidine groups is 1. The van der Waals surface area contributed by atoms with Gasteiger partial charge in [0, 0.05) is 45.5 Å². The van der Waals surface area contributed by atoms with Crippen LogP contribution in [0.4, 0.5) is 4.39 Å². The van der Waals surface area contributed by atoms with Gasteiger partial charge in [-0.1, -0.05) is 0 Å². The van der Waals surface area contributed by atoms with Gasteiger partial charge in [0.1, 0.15) is 5.82 Å².